The normalized spacial score (nSPS) is 21.2. The van der Waals surface area contributed by atoms with Crippen molar-refractivity contribution < 1.29 is 17.9 Å². The fourth-order valence-electron chi connectivity index (χ4n) is 3.23. The summed E-state index contributed by atoms with van der Waals surface area (Å²) in [5.41, 5.74) is 1.87. The summed E-state index contributed by atoms with van der Waals surface area (Å²) < 4.78 is 32.6. The predicted molar refractivity (Wildman–Crippen MR) is 94.4 cm³/mol. The van der Waals surface area contributed by atoms with Gasteiger partial charge in [0, 0.05) is 6.54 Å². The van der Waals surface area contributed by atoms with Crippen LogP contribution in [-0.4, -0.2) is 32.3 Å². The van der Waals surface area contributed by atoms with Crippen molar-refractivity contribution in [2.24, 2.45) is 5.92 Å². The van der Waals surface area contributed by atoms with E-state index in [0.29, 0.717) is 6.42 Å². The second-order valence-electron chi connectivity index (χ2n) is 6.27. The minimum Gasteiger partial charge on any atom is -0.469 e. The molecule has 1 aliphatic heterocycles. The monoisotopic (exact) mass is 359 g/mol. The molecule has 0 aromatic heterocycles. The minimum atomic E-state index is -3.70. The zero-order valence-electron chi connectivity index (χ0n) is 14.3. The number of aryl methyl sites for hydroxylation is 1. The average molecular weight is 359 g/mol. The zero-order valence-corrected chi connectivity index (χ0v) is 15.1. The summed E-state index contributed by atoms with van der Waals surface area (Å²) in [6.07, 6.45) is 0.418. The number of carbonyl (C=O) groups is 1. The molecular weight excluding hydrogens is 338 g/mol. The Morgan fingerprint density at radius 3 is 2.32 bits per heavy atom. The first kappa shape index (κ1) is 17.6. The smallest absolute Gasteiger partial charge is 0.310 e. The Bertz CT molecular complexity index is 847. The van der Waals surface area contributed by atoms with E-state index in [0.717, 1.165) is 11.1 Å². The third-order valence-corrected chi connectivity index (χ3v) is 6.49. The predicted octanol–water partition coefficient (Wildman–Crippen LogP) is 2.92. The molecule has 5 nitrogen and oxygen atoms in total. The highest BCUT2D eigenvalue weighted by atomic mass is 32.2. The van der Waals surface area contributed by atoms with Crippen molar-refractivity contribution in [3.63, 3.8) is 0 Å². The molecule has 2 aromatic rings. The van der Waals surface area contributed by atoms with Crippen molar-refractivity contribution in [2.45, 2.75) is 24.3 Å². The van der Waals surface area contributed by atoms with Gasteiger partial charge in [-0.05, 0) is 31.0 Å². The zero-order chi connectivity index (χ0) is 18.0. The highest BCUT2D eigenvalue weighted by Crippen LogP contribution is 2.39. The molecule has 6 heteroatoms. The van der Waals surface area contributed by atoms with Crippen LogP contribution in [0.2, 0.25) is 0 Å². The molecule has 0 spiro atoms. The van der Waals surface area contributed by atoms with E-state index >= 15 is 0 Å². The van der Waals surface area contributed by atoms with Gasteiger partial charge in [0.05, 0.1) is 24.0 Å². The number of rotatable bonds is 4. The molecular formula is C19H21NO4S. The summed E-state index contributed by atoms with van der Waals surface area (Å²) >= 11 is 0. The lowest BCUT2D eigenvalue weighted by Crippen LogP contribution is -2.32. The van der Waals surface area contributed by atoms with Crippen LogP contribution in [0.1, 0.15) is 23.6 Å². The number of esters is 1. The number of sulfonamides is 1. The molecule has 1 heterocycles. The summed E-state index contributed by atoms with van der Waals surface area (Å²) in [6.45, 7) is 2.04. The van der Waals surface area contributed by atoms with Crippen LogP contribution < -0.4 is 0 Å². The number of methoxy groups -OCH3 is 1. The first-order valence-electron chi connectivity index (χ1n) is 8.15. The minimum absolute atomic E-state index is 0.127. The van der Waals surface area contributed by atoms with Crippen molar-refractivity contribution >= 4 is 16.0 Å². The van der Waals surface area contributed by atoms with Gasteiger partial charge in [-0.15, -0.1) is 0 Å². The third-order valence-electron chi connectivity index (χ3n) is 4.60. The Hall–Kier alpha value is -2.18. The van der Waals surface area contributed by atoms with Gasteiger partial charge in [0.2, 0.25) is 10.0 Å². The quantitative estimate of drug-likeness (QED) is 0.788. The molecule has 0 bridgehead atoms. The lowest BCUT2D eigenvalue weighted by atomic mass is 10.0. The molecule has 132 valence electrons. The Kier molecular flexibility index (Phi) is 4.92. The number of carbonyl (C=O) groups excluding carboxylic acids is 1. The molecule has 2 unspecified atom stereocenters. The molecule has 3 rings (SSSR count). The van der Waals surface area contributed by atoms with Crippen molar-refractivity contribution in [3.05, 3.63) is 65.7 Å². The van der Waals surface area contributed by atoms with Gasteiger partial charge in [-0.3, -0.25) is 4.79 Å². The molecule has 25 heavy (non-hydrogen) atoms. The van der Waals surface area contributed by atoms with Crippen LogP contribution in [0.15, 0.2) is 59.5 Å². The van der Waals surface area contributed by atoms with E-state index in [9.17, 15) is 13.2 Å². The number of hydrogen-bond donors (Lipinski definition) is 0. The van der Waals surface area contributed by atoms with Crippen LogP contribution in [0.5, 0.6) is 0 Å². The van der Waals surface area contributed by atoms with E-state index in [1.165, 1.54) is 11.4 Å². The van der Waals surface area contributed by atoms with E-state index in [4.69, 9.17) is 4.74 Å². The maximum absolute atomic E-state index is 13.2. The summed E-state index contributed by atoms with van der Waals surface area (Å²) in [6, 6.07) is 15.8. The molecule has 0 saturated carbocycles. The Morgan fingerprint density at radius 2 is 1.72 bits per heavy atom. The Balaban J connectivity index is 2.00. The molecule has 1 fully saturated rings. The first-order valence-corrected chi connectivity index (χ1v) is 9.59. The highest BCUT2D eigenvalue weighted by Gasteiger charge is 2.43. The summed E-state index contributed by atoms with van der Waals surface area (Å²) in [7, 11) is -2.37. The van der Waals surface area contributed by atoms with Gasteiger partial charge in [-0.1, -0.05) is 48.0 Å². The summed E-state index contributed by atoms with van der Waals surface area (Å²) in [5.74, 6) is -0.835. The Morgan fingerprint density at radius 1 is 1.08 bits per heavy atom. The average Bonchev–Trinajstić information content (AvgIpc) is 3.08. The summed E-state index contributed by atoms with van der Waals surface area (Å²) in [4.78, 5) is 12.2. The van der Waals surface area contributed by atoms with Gasteiger partial charge in [-0.2, -0.15) is 4.31 Å². The van der Waals surface area contributed by atoms with Gasteiger partial charge >= 0.3 is 5.97 Å². The number of benzene rings is 2. The lowest BCUT2D eigenvalue weighted by Gasteiger charge is -2.24. The second-order valence-corrected chi connectivity index (χ2v) is 8.16. The third kappa shape index (κ3) is 3.45. The van der Waals surface area contributed by atoms with E-state index < -0.39 is 15.9 Å². The van der Waals surface area contributed by atoms with Gasteiger partial charge in [0.25, 0.3) is 0 Å². The van der Waals surface area contributed by atoms with Crippen LogP contribution in [0, 0.1) is 12.8 Å². The van der Waals surface area contributed by atoms with Gasteiger partial charge in [0.1, 0.15) is 0 Å². The molecule has 0 amide bonds. The van der Waals surface area contributed by atoms with Gasteiger partial charge in [0.15, 0.2) is 0 Å². The lowest BCUT2D eigenvalue weighted by molar-refractivity contribution is -0.144. The largest absolute Gasteiger partial charge is 0.469 e. The number of hydrogen-bond acceptors (Lipinski definition) is 4. The highest BCUT2D eigenvalue weighted by molar-refractivity contribution is 7.89. The maximum Gasteiger partial charge on any atom is 0.310 e. The second kappa shape index (κ2) is 6.98. The van der Waals surface area contributed by atoms with Crippen molar-refractivity contribution in [3.8, 4) is 0 Å². The molecule has 0 N–H and O–H groups in total. The molecule has 1 aliphatic rings. The van der Waals surface area contributed by atoms with Crippen LogP contribution in [0.25, 0.3) is 0 Å². The van der Waals surface area contributed by atoms with Gasteiger partial charge < -0.3 is 4.74 Å². The molecule has 0 radical (unpaired) electrons. The van der Waals surface area contributed by atoms with Gasteiger partial charge in [-0.25, -0.2) is 8.42 Å². The van der Waals surface area contributed by atoms with E-state index in [1.807, 2.05) is 37.3 Å². The van der Waals surface area contributed by atoms with E-state index in [-0.39, 0.29) is 23.5 Å². The van der Waals surface area contributed by atoms with E-state index in [2.05, 4.69) is 0 Å². The molecule has 1 saturated heterocycles. The fraction of sp³-hybridized carbons (Fsp3) is 0.316. The fourth-order valence-corrected chi connectivity index (χ4v) is 4.90. The van der Waals surface area contributed by atoms with Crippen LogP contribution >= 0.6 is 0 Å². The molecule has 2 aromatic carbocycles. The van der Waals surface area contributed by atoms with Crippen LogP contribution in [0.4, 0.5) is 0 Å². The van der Waals surface area contributed by atoms with Crippen molar-refractivity contribution in [2.75, 3.05) is 13.7 Å². The molecule has 0 aliphatic carbocycles. The number of nitrogens with zero attached hydrogens (tertiary/aromatic N) is 1. The van der Waals surface area contributed by atoms with Crippen LogP contribution in [-0.2, 0) is 19.6 Å². The number of ether oxygens (including phenoxy) is 1. The van der Waals surface area contributed by atoms with Crippen LogP contribution in [0.3, 0.4) is 0 Å². The standard InChI is InChI=1S/C19H21NO4S/c1-14-8-10-17(11-9-14)25(22,23)20-13-16(19(21)24-2)12-18(20)15-6-4-3-5-7-15/h3-11,16,18H,12-13H2,1-2H3. The molecule has 2 atom stereocenters. The summed E-state index contributed by atoms with van der Waals surface area (Å²) in [5, 5.41) is 0. The Labute approximate surface area is 148 Å². The SMILES string of the molecule is COC(=O)C1CC(c2ccccc2)N(S(=O)(=O)c2ccc(C)cc2)C1. The topological polar surface area (TPSA) is 63.7 Å². The first-order chi connectivity index (χ1) is 11.9. The maximum atomic E-state index is 13.2. The van der Waals surface area contributed by atoms with Crippen molar-refractivity contribution in [1.29, 1.82) is 0 Å². The van der Waals surface area contributed by atoms with Crippen molar-refractivity contribution in [1.82, 2.24) is 4.31 Å². The van der Waals surface area contributed by atoms with E-state index in [1.54, 1.807) is 24.3 Å².